The molecule has 9 heteroatoms. The monoisotopic (exact) mass is 473 g/mol. The Morgan fingerprint density at radius 3 is 2.21 bits per heavy atom. The molecule has 0 fully saturated rings. The largest absolute Gasteiger partial charge is 0.468 e. The van der Waals surface area contributed by atoms with Crippen molar-refractivity contribution in [2.75, 3.05) is 20.8 Å². The molecular weight excluding hydrogens is 450 g/mol. The van der Waals surface area contributed by atoms with E-state index in [1.807, 2.05) is 6.92 Å². The Balaban J connectivity index is 2.46. The number of alkyl halides is 1. The number of benzene rings is 1. The fourth-order valence-electron chi connectivity index (χ4n) is 2.21. The minimum absolute atomic E-state index is 0.187. The summed E-state index contributed by atoms with van der Waals surface area (Å²) in [6, 6.07) is 6.59. The lowest BCUT2D eigenvalue weighted by Crippen LogP contribution is -2.26. The molecule has 0 bridgehead atoms. The molecule has 1 aromatic carbocycles. The van der Waals surface area contributed by atoms with Gasteiger partial charge in [-0.05, 0) is 31.9 Å². The van der Waals surface area contributed by atoms with Crippen molar-refractivity contribution in [2.24, 2.45) is 5.92 Å². The number of methoxy groups -OCH3 is 2. The molecule has 0 aliphatic rings. The first-order valence-electron chi connectivity index (χ1n) is 8.55. The number of carbonyl (C=O) groups is 2. The number of sulfonamides is 1. The van der Waals surface area contributed by atoms with E-state index in [0.717, 1.165) is 5.56 Å². The summed E-state index contributed by atoms with van der Waals surface area (Å²) in [6.45, 7) is 2.10. The van der Waals surface area contributed by atoms with E-state index in [-0.39, 0.29) is 22.7 Å². The van der Waals surface area contributed by atoms with Gasteiger partial charge in [-0.25, -0.2) is 13.1 Å². The van der Waals surface area contributed by atoms with Gasteiger partial charge in [0.25, 0.3) is 0 Å². The summed E-state index contributed by atoms with van der Waals surface area (Å²) < 4.78 is 36.1. The number of ether oxygens (including phenoxy) is 2. The minimum atomic E-state index is -3.56. The number of hydrogen-bond donors (Lipinski definition) is 1. The molecule has 28 heavy (non-hydrogen) atoms. The third-order valence-electron chi connectivity index (χ3n) is 3.81. The van der Waals surface area contributed by atoms with Gasteiger partial charge in [-0.2, -0.15) is 0 Å². The molecule has 1 aromatic rings. The lowest BCUT2D eigenvalue weighted by Gasteiger charge is -2.10. The van der Waals surface area contributed by atoms with Crippen molar-refractivity contribution in [3.05, 3.63) is 29.8 Å². The van der Waals surface area contributed by atoms with Crippen LogP contribution in [0.5, 0.6) is 0 Å². The van der Waals surface area contributed by atoms with Crippen molar-refractivity contribution in [2.45, 2.75) is 35.9 Å². The summed E-state index contributed by atoms with van der Waals surface area (Å²) in [5.74, 6) is 3.47. The van der Waals surface area contributed by atoms with Gasteiger partial charge in [0.2, 0.25) is 10.0 Å². The van der Waals surface area contributed by atoms with Crippen molar-refractivity contribution >= 4 is 37.9 Å². The lowest BCUT2D eigenvalue weighted by atomic mass is 10.0. The zero-order valence-corrected chi connectivity index (χ0v) is 18.4. The highest BCUT2D eigenvalue weighted by Gasteiger charge is 2.27. The molecule has 7 nitrogen and oxygen atoms in total. The first-order valence-corrected chi connectivity index (χ1v) is 11.0. The summed E-state index contributed by atoms with van der Waals surface area (Å²) >= 11 is 3.37. The maximum absolute atomic E-state index is 12.2. The lowest BCUT2D eigenvalue weighted by molar-refractivity contribution is -0.159. The number of carbonyl (C=O) groups excluding carboxylic acids is 2. The number of esters is 2. The van der Waals surface area contributed by atoms with Gasteiger partial charge in [-0.1, -0.05) is 39.5 Å². The van der Waals surface area contributed by atoms with Crippen LogP contribution in [0, 0.1) is 24.7 Å². The molecule has 1 N–H and O–H groups in total. The third-order valence-corrected chi connectivity index (χ3v) is 5.97. The van der Waals surface area contributed by atoms with Crippen LogP contribution in [0.2, 0.25) is 0 Å². The summed E-state index contributed by atoms with van der Waals surface area (Å²) in [5.41, 5.74) is 0.983. The van der Waals surface area contributed by atoms with Crippen LogP contribution >= 0.6 is 15.9 Å². The Kier molecular flexibility index (Phi) is 10.2. The van der Waals surface area contributed by atoms with Crippen LogP contribution in [0.1, 0.15) is 24.8 Å². The van der Waals surface area contributed by atoms with Gasteiger partial charge in [-0.3, -0.25) is 9.59 Å². The Bertz CT molecular complexity index is 810. The highest BCUT2D eigenvalue weighted by Crippen LogP contribution is 2.12. The highest BCUT2D eigenvalue weighted by atomic mass is 79.9. The summed E-state index contributed by atoms with van der Waals surface area (Å²) in [4.78, 5) is 23.1. The Labute approximate surface area is 174 Å². The van der Waals surface area contributed by atoms with Crippen molar-refractivity contribution < 1.29 is 27.5 Å². The highest BCUT2D eigenvalue weighted by molar-refractivity contribution is 9.09. The quantitative estimate of drug-likeness (QED) is 0.255. The fourth-order valence-corrected chi connectivity index (χ4v) is 3.65. The van der Waals surface area contributed by atoms with Crippen LogP contribution in [-0.4, -0.2) is 45.9 Å². The molecular formula is C19H24BrNO6S. The second-order valence-electron chi connectivity index (χ2n) is 5.93. The van der Waals surface area contributed by atoms with Gasteiger partial charge in [0.1, 0.15) is 0 Å². The zero-order valence-electron chi connectivity index (χ0n) is 16.0. The SMILES string of the molecule is COC(=O)C(CCC#CC(Br)CCNS(=O)(=O)c1ccc(C)cc1)C(=O)OC. The van der Waals surface area contributed by atoms with Gasteiger partial charge < -0.3 is 9.47 Å². The second-order valence-corrected chi connectivity index (χ2v) is 8.80. The van der Waals surface area contributed by atoms with E-state index in [1.54, 1.807) is 24.3 Å². The molecule has 0 aromatic heterocycles. The maximum Gasteiger partial charge on any atom is 0.320 e. The molecule has 0 radical (unpaired) electrons. The summed E-state index contributed by atoms with van der Waals surface area (Å²) in [7, 11) is -1.15. The van der Waals surface area contributed by atoms with Gasteiger partial charge in [-0.15, -0.1) is 5.92 Å². The standard InChI is InChI=1S/C19H24BrNO6S/c1-14-8-10-16(11-9-14)28(24,25)21-13-12-15(20)6-4-5-7-17(18(22)26-2)19(23)27-3/h8-11,15,17,21H,5,7,12-13H2,1-3H3. The molecule has 0 heterocycles. The number of hydrogen-bond acceptors (Lipinski definition) is 6. The van der Waals surface area contributed by atoms with Crippen LogP contribution in [0.15, 0.2) is 29.2 Å². The van der Waals surface area contributed by atoms with Crippen LogP contribution < -0.4 is 4.72 Å². The predicted octanol–water partition coefficient (Wildman–Crippen LogP) is 2.17. The average Bonchev–Trinajstić information content (AvgIpc) is 2.67. The van der Waals surface area contributed by atoms with Gasteiger partial charge >= 0.3 is 11.9 Å². The molecule has 0 amide bonds. The van der Waals surface area contributed by atoms with Gasteiger partial charge in [0, 0.05) is 13.0 Å². The normalized spacial score (nSPS) is 12.0. The fraction of sp³-hybridized carbons (Fsp3) is 0.474. The summed E-state index contributed by atoms with van der Waals surface area (Å²) in [6.07, 6.45) is 0.938. The van der Waals surface area contributed by atoms with E-state index >= 15 is 0 Å². The number of rotatable bonds is 9. The molecule has 0 aliphatic heterocycles. The molecule has 0 saturated carbocycles. The van der Waals surface area contributed by atoms with Crippen molar-refractivity contribution in [3.8, 4) is 11.8 Å². The van der Waals surface area contributed by atoms with E-state index in [4.69, 9.17) is 0 Å². The van der Waals surface area contributed by atoms with E-state index in [0.29, 0.717) is 12.8 Å². The number of aryl methyl sites for hydroxylation is 1. The van der Waals surface area contributed by atoms with Crippen LogP contribution in [-0.2, 0) is 29.1 Å². The first-order chi connectivity index (χ1) is 13.2. The van der Waals surface area contributed by atoms with Crippen LogP contribution in [0.25, 0.3) is 0 Å². The molecule has 1 rings (SSSR count). The summed E-state index contributed by atoms with van der Waals surface area (Å²) in [5, 5.41) is 0. The second kappa shape index (κ2) is 11.8. The average molecular weight is 474 g/mol. The van der Waals surface area contributed by atoms with E-state index in [9.17, 15) is 18.0 Å². The Morgan fingerprint density at radius 2 is 1.68 bits per heavy atom. The van der Waals surface area contributed by atoms with E-state index in [1.165, 1.54) is 14.2 Å². The van der Waals surface area contributed by atoms with Crippen molar-refractivity contribution in [3.63, 3.8) is 0 Å². The van der Waals surface area contributed by atoms with E-state index < -0.39 is 27.9 Å². The van der Waals surface area contributed by atoms with Gasteiger partial charge in [0.05, 0.1) is 23.9 Å². The van der Waals surface area contributed by atoms with Gasteiger partial charge in [0.15, 0.2) is 5.92 Å². The topological polar surface area (TPSA) is 98.8 Å². The zero-order chi connectivity index (χ0) is 21.2. The Morgan fingerprint density at radius 1 is 1.11 bits per heavy atom. The number of halogens is 1. The molecule has 0 saturated heterocycles. The smallest absolute Gasteiger partial charge is 0.320 e. The minimum Gasteiger partial charge on any atom is -0.468 e. The van der Waals surface area contributed by atoms with Crippen LogP contribution in [0.3, 0.4) is 0 Å². The molecule has 1 atom stereocenters. The van der Waals surface area contributed by atoms with Crippen LogP contribution in [0.4, 0.5) is 0 Å². The Hall–Kier alpha value is -1.89. The van der Waals surface area contributed by atoms with Crippen molar-refractivity contribution in [1.29, 1.82) is 0 Å². The molecule has 154 valence electrons. The maximum atomic E-state index is 12.2. The predicted molar refractivity (Wildman–Crippen MR) is 108 cm³/mol. The number of nitrogens with one attached hydrogen (secondary N) is 1. The first kappa shape index (κ1) is 24.1. The van der Waals surface area contributed by atoms with E-state index in [2.05, 4.69) is 42.0 Å². The molecule has 0 aliphatic carbocycles. The third kappa shape index (κ3) is 8.00. The molecule has 0 spiro atoms. The molecule has 1 unspecified atom stereocenters. The van der Waals surface area contributed by atoms with Crippen molar-refractivity contribution in [1.82, 2.24) is 4.72 Å².